The van der Waals surface area contributed by atoms with E-state index in [9.17, 15) is 9.59 Å². The molecule has 2 rings (SSSR count). The Bertz CT molecular complexity index is 544. The molecule has 116 valence electrons. The van der Waals surface area contributed by atoms with E-state index in [1.54, 1.807) is 18.9 Å². The Morgan fingerprint density at radius 3 is 2.62 bits per heavy atom. The molecule has 0 unspecified atom stereocenters. The van der Waals surface area contributed by atoms with E-state index in [1.807, 2.05) is 6.92 Å². The van der Waals surface area contributed by atoms with Gasteiger partial charge >= 0.3 is 5.97 Å². The minimum Gasteiger partial charge on any atom is -0.478 e. The fourth-order valence-electron chi connectivity index (χ4n) is 2.41. The van der Waals surface area contributed by atoms with Crippen LogP contribution in [0.3, 0.4) is 0 Å². The molecular formula is C15H21NO5. The SMILES string of the molecule is CCOCC1(C(=O)N(C)Cc2cc(C(=O)O)c(C)o2)CC1. The second-order valence-corrected chi connectivity index (χ2v) is 5.57. The predicted molar refractivity (Wildman–Crippen MR) is 75.0 cm³/mol. The standard InChI is InChI=1S/C15H21NO5/c1-4-20-9-15(5-6-15)14(19)16(3)8-11-7-12(13(17)18)10(2)21-11/h7H,4-6,8-9H2,1-3H3,(H,17,18). The summed E-state index contributed by atoms with van der Waals surface area (Å²) in [7, 11) is 1.70. The summed E-state index contributed by atoms with van der Waals surface area (Å²) < 4.78 is 10.8. The lowest BCUT2D eigenvalue weighted by Crippen LogP contribution is -2.36. The van der Waals surface area contributed by atoms with Gasteiger partial charge in [-0.1, -0.05) is 0 Å². The number of aromatic carboxylic acids is 1. The highest BCUT2D eigenvalue weighted by molar-refractivity contribution is 5.89. The van der Waals surface area contributed by atoms with Gasteiger partial charge in [0.2, 0.25) is 5.91 Å². The summed E-state index contributed by atoms with van der Waals surface area (Å²) >= 11 is 0. The number of carboxylic acids is 1. The van der Waals surface area contributed by atoms with E-state index in [0.29, 0.717) is 24.7 Å². The summed E-state index contributed by atoms with van der Waals surface area (Å²) in [4.78, 5) is 25.0. The van der Waals surface area contributed by atoms with Crippen molar-refractivity contribution in [3.63, 3.8) is 0 Å². The maximum Gasteiger partial charge on any atom is 0.339 e. The van der Waals surface area contributed by atoms with E-state index in [1.165, 1.54) is 6.07 Å². The van der Waals surface area contributed by atoms with E-state index in [4.69, 9.17) is 14.3 Å². The third kappa shape index (κ3) is 3.26. The van der Waals surface area contributed by atoms with Gasteiger partial charge in [0.1, 0.15) is 17.1 Å². The first-order valence-corrected chi connectivity index (χ1v) is 7.05. The van der Waals surface area contributed by atoms with Gasteiger partial charge < -0.3 is 19.2 Å². The van der Waals surface area contributed by atoms with Crippen LogP contribution in [0.2, 0.25) is 0 Å². The van der Waals surface area contributed by atoms with Gasteiger partial charge in [0, 0.05) is 13.7 Å². The summed E-state index contributed by atoms with van der Waals surface area (Å²) in [5, 5.41) is 9.00. The van der Waals surface area contributed by atoms with Gasteiger partial charge in [0.05, 0.1) is 18.6 Å². The largest absolute Gasteiger partial charge is 0.478 e. The van der Waals surface area contributed by atoms with Crippen LogP contribution in [0.4, 0.5) is 0 Å². The number of carbonyl (C=O) groups excluding carboxylic acids is 1. The highest BCUT2D eigenvalue weighted by Crippen LogP contribution is 2.47. The molecule has 0 aromatic carbocycles. The Labute approximate surface area is 123 Å². The number of carbonyl (C=O) groups is 2. The Kier molecular flexibility index (Phi) is 4.37. The zero-order valence-electron chi connectivity index (χ0n) is 12.6. The van der Waals surface area contributed by atoms with E-state index in [-0.39, 0.29) is 23.4 Å². The minimum atomic E-state index is -1.02. The van der Waals surface area contributed by atoms with E-state index < -0.39 is 5.97 Å². The summed E-state index contributed by atoms with van der Waals surface area (Å²) in [6.07, 6.45) is 1.68. The first-order chi connectivity index (χ1) is 9.89. The molecule has 1 saturated carbocycles. The number of ether oxygens (including phenoxy) is 1. The second-order valence-electron chi connectivity index (χ2n) is 5.57. The van der Waals surface area contributed by atoms with Crippen LogP contribution in [-0.4, -0.2) is 42.1 Å². The van der Waals surface area contributed by atoms with Crippen molar-refractivity contribution in [1.29, 1.82) is 0 Å². The molecule has 1 fully saturated rings. The highest BCUT2D eigenvalue weighted by atomic mass is 16.5. The van der Waals surface area contributed by atoms with Crippen LogP contribution in [0.1, 0.15) is 41.6 Å². The predicted octanol–water partition coefficient (Wildman–Crippen LogP) is 2.06. The lowest BCUT2D eigenvalue weighted by molar-refractivity contribution is -0.138. The smallest absolute Gasteiger partial charge is 0.339 e. The van der Waals surface area contributed by atoms with Gasteiger partial charge in [-0.05, 0) is 32.8 Å². The zero-order valence-corrected chi connectivity index (χ0v) is 12.6. The molecule has 1 N–H and O–H groups in total. The van der Waals surface area contributed by atoms with Crippen molar-refractivity contribution in [3.8, 4) is 0 Å². The van der Waals surface area contributed by atoms with Gasteiger partial charge in [-0.15, -0.1) is 0 Å². The van der Waals surface area contributed by atoms with Crippen molar-refractivity contribution in [2.75, 3.05) is 20.3 Å². The Morgan fingerprint density at radius 2 is 2.14 bits per heavy atom. The molecule has 1 aliphatic rings. The Morgan fingerprint density at radius 1 is 1.48 bits per heavy atom. The van der Waals surface area contributed by atoms with Crippen LogP contribution in [-0.2, 0) is 16.1 Å². The van der Waals surface area contributed by atoms with Crippen molar-refractivity contribution in [2.45, 2.75) is 33.2 Å². The molecule has 0 aliphatic heterocycles. The molecule has 0 atom stereocenters. The number of furan rings is 1. The van der Waals surface area contributed by atoms with Gasteiger partial charge in [-0.2, -0.15) is 0 Å². The fourth-order valence-corrected chi connectivity index (χ4v) is 2.41. The quantitative estimate of drug-likeness (QED) is 0.833. The summed E-state index contributed by atoms with van der Waals surface area (Å²) in [5.41, 5.74) is -0.247. The molecule has 0 radical (unpaired) electrons. The number of amides is 1. The summed E-state index contributed by atoms with van der Waals surface area (Å²) in [6, 6.07) is 1.48. The molecule has 6 heteroatoms. The van der Waals surface area contributed by atoms with Crippen LogP contribution in [0.25, 0.3) is 0 Å². The third-order valence-electron chi connectivity index (χ3n) is 3.83. The third-order valence-corrected chi connectivity index (χ3v) is 3.83. The molecule has 1 aliphatic carbocycles. The fraction of sp³-hybridized carbons (Fsp3) is 0.600. The van der Waals surface area contributed by atoms with Crippen LogP contribution < -0.4 is 0 Å². The molecule has 1 heterocycles. The number of rotatable bonds is 7. The second kappa shape index (κ2) is 5.89. The maximum absolute atomic E-state index is 12.5. The number of carboxylic acid groups (broad SMARTS) is 1. The monoisotopic (exact) mass is 295 g/mol. The number of hydrogen-bond acceptors (Lipinski definition) is 4. The van der Waals surface area contributed by atoms with Crippen molar-refractivity contribution in [3.05, 3.63) is 23.2 Å². The van der Waals surface area contributed by atoms with Crippen LogP contribution in [0.5, 0.6) is 0 Å². The Hall–Kier alpha value is -1.82. The first-order valence-electron chi connectivity index (χ1n) is 7.05. The van der Waals surface area contributed by atoms with Gasteiger partial charge in [0.15, 0.2) is 0 Å². The summed E-state index contributed by atoms with van der Waals surface area (Å²) in [5.74, 6) is -0.157. The van der Waals surface area contributed by atoms with Crippen LogP contribution in [0.15, 0.2) is 10.5 Å². The van der Waals surface area contributed by atoms with Crippen molar-refractivity contribution in [1.82, 2.24) is 4.90 Å². The van der Waals surface area contributed by atoms with Crippen molar-refractivity contribution < 1.29 is 23.8 Å². The van der Waals surface area contributed by atoms with E-state index in [2.05, 4.69) is 0 Å². The minimum absolute atomic E-state index is 0.0295. The number of nitrogens with zero attached hydrogens (tertiary/aromatic N) is 1. The normalized spacial score (nSPS) is 15.8. The molecular weight excluding hydrogens is 274 g/mol. The first kappa shape index (κ1) is 15.6. The molecule has 0 saturated heterocycles. The van der Waals surface area contributed by atoms with Gasteiger partial charge in [-0.25, -0.2) is 4.79 Å². The number of hydrogen-bond donors (Lipinski definition) is 1. The van der Waals surface area contributed by atoms with Gasteiger partial charge in [0.25, 0.3) is 0 Å². The molecule has 21 heavy (non-hydrogen) atoms. The molecule has 6 nitrogen and oxygen atoms in total. The van der Waals surface area contributed by atoms with Crippen molar-refractivity contribution in [2.24, 2.45) is 5.41 Å². The van der Waals surface area contributed by atoms with Gasteiger partial charge in [-0.3, -0.25) is 4.79 Å². The zero-order chi connectivity index (χ0) is 15.6. The van der Waals surface area contributed by atoms with Crippen molar-refractivity contribution >= 4 is 11.9 Å². The average Bonchev–Trinajstić information content (AvgIpc) is 3.13. The van der Waals surface area contributed by atoms with E-state index >= 15 is 0 Å². The van der Waals surface area contributed by atoms with E-state index in [0.717, 1.165) is 12.8 Å². The lowest BCUT2D eigenvalue weighted by atomic mass is 10.1. The maximum atomic E-state index is 12.5. The Balaban J connectivity index is 2.01. The molecule has 1 amide bonds. The molecule has 0 spiro atoms. The average molecular weight is 295 g/mol. The highest BCUT2D eigenvalue weighted by Gasteiger charge is 2.51. The molecule has 1 aromatic rings. The molecule has 0 bridgehead atoms. The lowest BCUT2D eigenvalue weighted by Gasteiger charge is -2.22. The summed E-state index contributed by atoms with van der Waals surface area (Å²) in [6.45, 7) is 4.82. The molecule has 1 aromatic heterocycles. The van der Waals surface area contributed by atoms with Crippen LogP contribution >= 0.6 is 0 Å². The topological polar surface area (TPSA) is 80.0 Å². The van der Waals surface area contributed by atoms with Crippen LogP contribution in [0, 0.1) is 12.3 Å². The number of aryl methyl sites for hydroxylation is 1.